The quantitative estimate of drug-likeness (QED) is 0.717. The van der Waals surface area contributed by atoms with Gasteiger partial charge in [0.1, 0.15) is 5.75 Å². The van der Waals surface area contributed by atoms with Gasteiger partial charge in [-0.05, 0) is 58.5 Å². The van der Waals surface area contributed by atoms with Gasteiger partial charge in [-0.3, -0.25) is 4.79 Å². The van der Waals surface area contributed by atoms with Crippen LogP contribution in [0.5, 0.6) is 5.75 Å². The van der Waals surface area contributed by atoms with Crippen molar-refractivity contribution in [2.24, 2.45) is 0 Å². The number of ether oxygens (including phenoxy) is 1. The van der Waals surface area contributed by atoms with Crippen molar-refractivity contribution >= 4 is 28.5 Å². The number of halogens is 4. The Hall–Kier alpha value is -1.77. The van der Waals surface area contributed by atoms with E-state index < -0.39 is 12.8 Å². The molecule has 2 aromatic rings. The fraction of sp³-hybridized carbons (Fsp3) is 0.188. The lowest BCUT2D eigenvalue weighted by molar-refractivity contribution is -0.153. The lowest BCUT2D eigenvalue weighted by atomic mass is 10.2. The first-order valence-corrected chi connectivity index (χ1v) is 7.73. The van der Waals surface area contributed by atoms with E-state index in [-0.39, 0.29) is 18.2 Å². The second-order valence-electron chi connectivity index (χ2n) is 4.74. The molecule has 0 saturated carbocycles. The van der Waals surface area contributed by atoms with E-state index in [2.05, 4.69) is 32.6 Å². The minimum absolute atomic E-state index is 0.134. The number of hydrogen-bond acceptors (Lipinski definition) is 2. The molecule has 1 N–H and O–H groups in total. The van der Waals surface area contributed by atoms with Crippen LogP contribution >= 0.6 is 22.6 Å². The molecule has 0 heterocycles. The first-order valence-electron chi connectivity index (χ1n) is 6.66. The zero-order chi connectivity index (χ0) is 16.9. The highest BCUT2D eigenvalue weighted by atomic mass is 127. The van der Waals surface area contributed by atoms with Crippen LogP contribution in [0, 0.1) is 3.57 Å². The van der Waals surface area contributed by atoms with Gasteiger partial charge in [0, 0.05) is 15.7 Å². The Balaban J connectivity index is 1.87. The van der Waals surface area contributed by atoms with Crippen molar-refractivity contribution in [3.8, 4) is 5.75 Å². The van der Waals surface area contributed by atoms with Crippen LogP contribution < -0.4 is 10.1 Å². The van der Waals surface area contributed by atoms with Crippen LogP contribution in [-0.4, -0.2) is 18.7 Å². The largest absolute Gasteiger partial charge is 0.484 e. The molecule has 0 fully saturated rings. The first kappa shape index (κ1) is 17.6. The summed E-state index contributed by atoms with van der Waals surface area (Å²) in [7, 11) is 0. The van der Waals surface area contributed by atoms with E-state index in [0.29, 0.717) is 5.56 Å². The molecule has 122 valence electrons. The molecule has 2 aromatic carbocycles. The number of benzene rings is 2. The summed E-state index contributed by atoms with van der Waals surface area (Å²) in [6.07, 6.45) is -4.36. The molecule has 0 aromatic heterocycles. The van der Waals surface area contributed by atoms with E-state index in [9.17, 15) is 18.0 Å². The average Bonchev–Trinajstić information content (AvgIpc) is 2.51. The highest BCUT2D eigenvalue weighted by Crippen LogP contribution is 2.18. The Kier molecular flexibility index (Phi) is 5.86. The second-order valence-corrected chi connectivity index (χ2v) is 5.99. The molecule has 0 aliphatic rings. The molecular weight excluding hydrogens is 422 g/mol. The van der Waals surface area contributed by atoms with E-state index in [1.165, 1.54) is 12.1 Å². The highest BCUT2D eigenvalue weighted by molar-refractivity contribution is 14.1. The summed E-state index contributed by atoms with van der Waals surface area (Å²) in [4.78, 5) is 12.0. The Morgan fingerprint density at radius 2 is 1.83 bits per heavy atom. The molecule has 3 nitrogen and oxygen atoms in total. The fourth-order valence-electron chi connectivity index (χ4n) is 1.78. The Bertz CT molecular complexity index is 672. The van der Waals surface area contributed by atoms with Crippen LogP contribution in [0.15, 0.2) is 48.5 Å². The highest BCUT2D eigenvalue weighted by Gasteiger charge is 2.28. The smallest absolute Gasteiger partial charge is 0.422 e. The van der Waals surface area contributed by atoms with Gasteiger partial charge in [-0.15, -0.1) is 0 Å². The summed E-state index contributed by atoms with van der Waals surface area (Å²) in [5.74, 6) is -0.0732. The van der Waals surface area contributed by atoms with Crippen molar-refractivity contribution < 1.29 is 22.7 Å². The number of carbonyl (C=O) groups excluding carboxylic acids is 1. The topological polar surface area (TPSA) is 38.3 Å². The molecular formula is C16H13F3INO2. The predicted molar refractivity (Wildman–Crippen MR) is 88.3 cm³/mol. The molecule has 0 bridgehead atoms. The standard InChI is InChI=1S/C16H13F3INO2/c17-16(18,19)10-23-14-6-4-11(5-7-14)9-21-15(22)12-2-1-3-13(20)8-12/h1-8H,9-10H2,(H,21,22). The van der Waals surface area contributed by atoms with E-state index in [0.717, 1.165) is 9.13 Å². The van der Waals surface area contributed by atoms with Crippen LogP contribution in [0.4, 0.5) is 13.2 Å². The van der Waals surface area contributed by atoms with Crippen molar-refractivity contribution in [2.45, 2.75) is 12.7 Å². The molecule has 0 saturated heterocycles. The molecule has 0 unspecified atom stereocenters. The van der Waals surface area contributed by atoms with Crippen LogP contribution in [0.25, 0.3) is 0 Å². The van der Waals surface area contributed by atoms with Gasteiger partial charge in [0.05, 0.1) is 0 Å². The molecule has 0 radical (unpaired) electrons. The van der Waals surface area contributed by atoms with Gasteiger partial charge in [0.15, 0.2) is 6.61 Å². The minimum atomic E-state index is -4.36. The van der Waals surface area contributed by atoms with E-state index in [1.54, 1.807) is 30.3 Å². The van der Waals surface area contributed by atoms with Crippen LogP contribution in [0.3, 0.4) is 0 Å². The molecule has 1 amide bonds. The van der Waals surface area contributed by atoms with Gasteiger partial charge in [0.2, 0.25) is 0 Å². The van der Waals surface area contributed by atoms with Crippen molar-refractivity contribution in [2.75, 3.05) is 6.61 Å². The molecule has 0 spiro atoms. The van der Waals surface area contributed by atoms with Crippen molar-refractivity contribution in [3.63, 3.8) is 0 Å². The zero-order valence-electron chi connectivity index (χ0n) is 11.9. The molecule has 2 rings (SSSR count). The third kappa shape index (κ3) is 6.09. The third-order valence-electron chi connectivity index (χ3n) is 2.87. The van der Waals surface area contributed by atoms with E-state index in [1.807, 2.05) is 6.07 Å². The number of nitrogens with one attached hydrogen (secondary N) is 1. The van der Waals surface area contributed by atoms with Crippen LogP contribution in [-0.2, 0) is 6.54 Å². The van der Waals surface area contributed by atoms with Crippen molar-refractivity contribution in [1.29, 1.82) is 0 Å². The number of carbonyl (C=O) groups is 1. The third-order valence-corrected chi connectivity index (χ3v) is 3.54. The van der Waals surface area contributed by atoms with Gasteiger partial charge >= 0.3 is 6.18 Å². The Morgan fingerprint density at radius 3 is 2.43 bits per heavy atom. The van der Waals surface area contributed by atoms with E-state index >= 15 is 0 Å². The summed E-state index contributed by atoms with van der Waals surface area (Å²) >= 11 is 2.12. The maximum absolute atomic E-state index is 12.0. The lowest BCUT2D eigenvalue weighted by Crippen LogP contribution is -2.22. The number of hydrogen-bond donors (Lipinski definition) is 1. The Morgan fingerprint density at radius 1 is 1.13 bits per heavy atom. The Labute approximate surface area is 145 Å². The van der Waals surface area contributed by atoms with Gasteiger partial charge in [0.25, 0.3) is 5.91 Å². The molecule has 0 aliphatic heterocycles. The minimum Gasteiger partial charge on any atom is -0.484 e. The maximum Gasteiger partial charge on any atom is 0.422 e. The fourth-order valence-corrected chi connectivity index (χ4v) is 2.33. The average molecular weight is 435 g/mol. The van der Waals surface area contributed by atoms with Gasteiger partial charge < -0.3 is 10.1 Å². The lowest BCUT2D eigenvalue weighted by Gasteiger charge is -2.10. The number of amides is 1. The zero-order valence-corrected chi connectivity index (χ0v) is 14.0. The summed E-state index contributed by atoms with van der Waals surface area (Å²) < 4.78 is 41.7. The van der Waals surface area contributed by atoms with Gasteiger partial charge in [-0.2, -0.15) is 13.2 Å². The summed E-state index contributed by atoms with van der Waals surface area (Å²) in [6, 6.07) is 13.3. The summed E-state index contributed by atoms with van der Waals surface area (Å²) in [6.45, 7) is -1.04. The van der Waals surface area contributed by atoms with Gasteiger partial charge in [-0.1, -0.05) is 18.2 Å². The monoisotopic (exact) mass is 435 g/mol. The van der Waals surface area contributed by atoms with Crippen molar-refractivity contribution in [3.05, 3.63) is 63.2 Å². The molecule has 23 heavy (non-hydrogen) atoms. The molecule has 7 heteroatoms. The molecule has 0 aliphatic carbocycles. The van der Waals surface area contributed by atoms with Gasteiger partial charge in [-0.25, -0.2) is 0 Å². The van der Waals surface area contributed by atoms with Crippen LogP contribution in [0.2, 0.25) is 0 Å². The number of rotatable bonds is 5. The summed E-state index contributed by atoms with van der Waals surface area (Å²) in [5, 5.41) is 2.76. The SMILES string of the molecule is O=C(NCc1ccc(OCC(F)(F)F)cc1)c1cccc(I)c1. The number of alkyl halides is 3. The molecule has 0 atom stereocenters. The van der Waals surface area contributed by atoms with Crippen LogP contribution in [0.1, 0.15) is 15.9 Å². The normalized spacial score (nSPS) is 11.1. The van der Waals surface area contributed by atoms with Crippen molar-refractivity contribution in [1.82, 2.24) is 5.32 Å². The van der Waals surface area contributed by atoms with E-state index in [4.69, 9.17) is 0 Å². The first-order chi connectivity index (χ1) is 10.8. The predicted octanol–water partition coefficient (Wildman–Crippen LogP) is 4.16. The maximum atomic E-state index is 12.0. The summed E-state index contributed by atoms with van der Waals surface area (Å²) in [5.41, 5.74) is 1.32. The second kappa shape index (κ2) is 7.67.